The van der Waals surface area contributed by atoms with Crippen LogP contribution in [0.3, 0.4) is 0 Å². The van der Waals surface area contributed by atoms with Gasteiger partial charge in [-0.1, -0.05) is 19.3 Å². The zero-order valence-electron chi connectivity index (χ0n) is 9.54. The number of aliphatic hydroxyl groups is 1. The minimum absolute atomic E-state index is 0.0918. The van der Waals surface area contributed by atoms with Crippen molar-refractivity contribution in [2.75, 3.05) is 13.7 Å². The number of carbonyl (C=O) groups is 1. The summed E-state index contributed by atoms with van der Waals surface area (Å²) in [7, 11) is 1.24. The fraction of sp³-hybridized carbons (Fsp3) is 0.727. The van der Waals surface area contributed by atoms with Crippen LogP contribution in [0.15, 0.2) is 0 Å². The Kier molecular flexibility index (Phi) is 5.99. The van der Waals surface area contributed by atoms with E-state index in [0.29, 0.717) is 0 Å². The van der Waals surface area contributed by atoms with Gasteiger partial charge in [-0.3, -0.25) is 0 Å². The number of nitrogens with one attached hydrogen (secondary N) is 1. The molecule has 0 aromatic rings. The van der Waals surface area contributed by atoms with E-state index in [1.165, 1.54) is 14.0 Å². The lowest BCUT2D eigenvalue weighted by Crippen LogP contribution is -2.48. The number of rotatable bonds is 6. The Labute approximate surface area is 91.0 Å². The van der Waals surface area contributed by atoms with Crippen molar-refractivity contribution in [3.8, 4) is 12.3 Å². The molecular weight excluding hydrogens is 194 g/mol. The Balaban J connectivity index is 4.13. The van der Waals surface area contributed by atoms with Crippen molar-refractivity contribution in [3.63, 3.8) is 0 Å². The van der Waals surface area contributed by atoms with E-state index in [4.69, 9.17) is 6.42 Å². The predicted molar refractivity (Wildman–Crippen MR) is 58.2 cm³/mol. The van der Waals surface area contributed by atoms with Gasteiger partial charge in [-0.25, -0.2) is 4.79 Å². The summed E-state index contributed by atoms with van der Waals surface area (Å²) in [6, 6.07) is -0.119. The van der Waals surface area contributed by atoms with Crippen LogP contribution >= 0.6 is 0 Å². The molecule has 4 heteroatoms. The van der Waals surface area contributed by atoms with E-state index in [1.54, 1.807) is 0 Å². The molecule has 0 amide bonds. The summed E-state index contributed by atoms with van der Waals surface area (Å²) < 4.78 is 4.46. The lowest BCUT2D eigenvalue weighted by molar-refractivity contribution is -0.160. The first-order valence-electron chi connectivity index (χ1n) is 4.98. The van der Waals surface area contributed by atoms with Crippen LogP contribution in [0.1, 0.15) is 26.7 Å². The predicted octanol–water partition coefficient (Wildman–Crippen LogP) is 0.302. The molecule has 0 aliphatic heterocycles. The van der Waals surface area contributed by atoms with Crippen molar-refractivity contribution in [1.29, 1.82) is 0 Å². The number of methoxy groups -OCH3 is 1. The van der Waals surface area contributed by atoms with Crippen molar-refractivity contribution in [2.24, 2.45) is 0 Å². The molecule has 0 aliphatic rings. The van der Waals surface area contributed by atoms with E-state index in [-0.39, 0.29) is 12.6 Å². The maximum absolute atomic E-state index is 11.1. The first kappa shape index (κ1) is 13.9. The highest BCUT2D eigenvalue weighted by molar-refractivity contribution is 5.78. The standard InChI is InChI=1S/C11H19NO3/c1-5-7-9(6-2)12-8-11(3,14)10(13)15-4/h2,9,12,14H,5,7-8H2,1,3-4H3. The highest BCUT2D eigenvalue weighted by atomic mass is 16.5. The van der Waals surface area contributed by atoms with Crippen LogP contribution < -0.4 is 5.32 Å². The van der Waals surface area contributed by atoms with Gasteiger partial charge in [0.15, 0.2) is 5.60 Å². The fourth-order valence-corrected chi connectivity index (χ4v) is 1.15. The Morgan fingerprint density at radius 3 is 2.73 bits per heavy atom. The molecule has 0 spiro atoms. The summed E-state index contributed by atoms with van der Waals surface area (Å²) in [5.41, 5.74) is -1.53. The molecule has 0 aromatic carbocycles. The lowest BCUT2D eigenvalue weighted by Gasteiger charge is -2.22. The normalized spacial score (nSPS) is 16.2. The topological polar surface area (TPSA) is 58.6 Å². The van der Waals surface area contributed by atoms with Gasteiger partial charge in [-0.15, -0.1) is 6.42 Å². The second kappa shape index (κ2) is 6.44. The van der Waals surface area contributed by atoms with Crippen molar-refractivity contribution in [1.82, 2.24) is 5.32 Å². The molecule has 0 heterocycles. The number of ether oxygens (including phenoxy) is 1. The van der Waals surface area contributed by atoms with E-state index in [2.05, 4.69) is 16.0 Å². The molecule has 0 bridgehead atoms. The summed E-state index contributed by atoms with van der Waals surface area (Å²) in [6.45, 7) is 3.50. The van der Waals surface area contributed by atoms with Gasteiger partial charge in [0, 0.05) is 6.54 Å². The number of esters is 1. The third kappa shape index (κ3) is 4.82. The van der Waals surface area contributed by atoms with Gasteiger partial charge in [0.2, 0.25) is 0 Å². The summed E-state index contributed by atoms with van der Waals surface area (Å²) in [4.78, 5) is 11.1. The van der Waals surface area contributed by atoms with Gasteiger partial charge < -0.3 is 15.2 Å². The van der Waals surface area contributed by atoms with Crippen LogP contribution in [0.2, 0.25) is 0 Å². The molecule has 0 aromatic heterocycles. The monoisotopic (exact) mass is 213 g/mol. The van der Waals surface area contributed by atoms with Crippen LogP contribution in [0.4, 0.5) is 0 Å². The number of hydrogen-bond donors (Lipinski definition) is 2. The molecule has 0 aliphatic carbocycles. The van der Waals surface area contributed by atoms with E-state index in [9.17, 15) is 9.90 Å². The average Bonchev–Trinajstić information content (AvgIpc) is 2.22. The number of hydrogen-bond acceptors (Lipinski definition) is 4. The van der Waals surface area contributed by atoms with Gasteiger partial charge in [0.25, 0.3) is 0 Å². The molecule has 15 heavy (non-hydrogen) atoms. The fourth-order valence-electron chi connectivity index (χ4n) is 1.15. The Hall–Kier alpha value is -1.05. The zero-order chi connectivity index (χ0) is 11.9. The lowest BCUT2D eigenvalue weighted by atomic mass is 10.1. The smallest absolute Gasteiger partial charge is 0.338 e. The molecule has 2 atom stereocenters. The van der Waals surface area contributed by atoms with Gasteiger partial charge in [-0.2, -0.15) is 0 Å². The van der Waals surface area contributed by atoms with Crippen LogP contribution in [0.25, 0.3) is 0 Å². The molecule has 4 nitrogen and oxygen atoms in total. The minimum atomic E-state index is -1.53. The number of carbonyl (C=O) groups excluding carboxylic acids is 1. The maximum atomic E-state index is 11.1. The Morgan fingerprint density at radius 2 is 2.33 bits per heavy atom. The third-order valence-electron chi connectivity index (χ3n) is 2.10. The largest absolute Gasteiger partial charge is 0.467 e. The van der Waals surface area contributed by atoms with Crippen molar-refractivity contribution in [3.05, 3.63) is 0 Å². The van der Waals surface area contributed by atoms with Crippen LogP contribution in [-0.4, -0.2) is 36.4 Å². The molecule has 0 radical (unpaired) electrons. The molecule has 86 valence electrons. The molecule has 0 saturated heterocycles. The quantitative estimate of drug-likeness (QED) is 0.492. The minimum Gasteiger partial charge on any atom is -0.467 e. The van der Waals surface area contributed by atoms with E-state index in [1.807, 2.05) is 6.92 Å². The van der Waals surface area contributed by atoms with Crippen molar-refractivity contribution >= 4 is 5.97 Å². The molecular formula is C11H19NO3. The zero-order valence-corrected chi connectivity index (χ0v) is 9.54. The first-order chi connectivity index (χ1) is 6.97. The van der Waals surface area contributed by atoms with Crippen molar-refractivity contribution in [2.45, 2.75) is 38.3 Å². The van der Waals surface area contributed by atoms with Crippen molar-refractivity contribution < 1.29 is 14.6 Å². The van der Waals surface area contributed by atoms with Gasteiger partial charge in [0.1, 0.15) is 0 Å². The van der Waals surface area contributed by atoms with Crippen LogP contribution in [-0.2, 0) is 9.53 Å². The third-order valence-corrected chi connectivity index (χ3v) is 2.10. The SMILES string of the molecule is C#CC(CCC)NCC(C)(O)C(=O)OC. The summed E-state index contributed by atoms with van der Waals surface area (Å²) in [6.07, 6.45) is 7.05. The van der Waals surface area contributed by atoms with Gasteiger partial charge in [-0.05, 0) is 13.3 Å². The summed E-state index contributed by atoms with van der Waals surface area (Å²) >= 11 is 0. The summed E-state index contributed by atoms with van der Waals surface area (Å²) in [5, 5.41) is 12.6. The molecule has 0 saturated carbocycles. The van der Waals surface area contributed by atoms with Gasteiger partial charge >= 0.3 is 5.97 Å². The second-order valence-corrected chi connectivity index (χ2v) is 3.65. The molecule has 0 fully saturated rings. The Morgan fingerprint density at radius 1 is 1.73 bits per heavy atom. The van der Waals surface area contributed by atoms with Gasteiger partial charge in [0.05, 0.1) is 13.2 Å². The van der Waals surface area contributed by atoms with Crippen LogP contribution in [0.5, 0.6) is 0 Å². The summed E-state index contributed by atoms with van der Waals surface area (Å²) in [5.74, 6) is 1.89. The van der Waals surface area contributed by atoms with Crippen LogP contribution in [0, 0.1) is 12.3 Å². The van der Waals surface area contributed by atoms with E-state index in [0.717, 1.165) is 12.8 Å². The first-order valence-corrected chi connectivity index (χ1v) is 4.98. The Bertz CT molecular complexity index is 243. The molecule has 2 N–H and O–H groups in total. The second-order valence-electron chi connectivity index (χ2n) is 3.65. The van der Waals surface area contributed by atoms with E-state index < -0.39 is 11.6 Å². The molecule has 2 unspecified atom stereocenters. The van der Waals surface area contributed by atoms with E-state index >= 15 is 0 Å². The number of terminal acetylenes is 1. The highest BCUT2D eigenvalue weighted by Gasteiger charge is 2.31. The molecule has 0 rings (SSSR count). The average molecular weight is 213 g/mol. The highest BCUT2D eigenvalue weighted by Crippen LogP contribution is 2.05. The maximum Gasteiger partial charge on any atom is 0.338 e.